The second kappa shape index (κ2) is 6.63. The van der Waals surface area contributed by atoms with Gasteiger partial charge in [0.05, 0.1) is 11.4 Å². The minimum atomic E-state index is -4.90. The maximum absolute atomic E-state index is 13.6. The van der Waals surface area contributed by atoms with E-state index < -0.39 is 35.4 Å². The van der Waals surface area contributed by atoms with Crippen LogP contribution in [0.3, 0.4) is 0 Å². The highest BCUT2D eigenvalue weighted by atomic mass is 32.2. The third-order valence-electron chi connectivity index (χ3n) is 2.24. The van der Waals surface area contributed by atoms with E-state index in [-0.39, 0.29) is 10.5 Å². The van der Waals surface area contributed by atoms with Crippen LogP contribution in [0.4, 0.5) is 36.4 Å². The molecule has 0 aliphatic carbocycles. The minimum absolute atomic E-state index is 0.0574. The maximum atomic E-state index is 13.6. The van der Waals surface area contributed by atoms with Crippen LogP contribution in [0.5, 0.6) is 0 Å². The molecule has 11 heteroatoms. The van der Waals surface area contributed by atoms with Crippen molar-refractivity contribution in [2.45, 2.75) is 24.2 Å². The first-order valence-electron chi connectivity index (χ1n) is 5.56. The molecule has 0 saturated heterocycles. The molecular formula is C11H10F7N3S. The molecule has 3 nitrogen and oxygen atoms in total. The minimum Gasteiger partial charge on any atom is -0.378 e. The zero-order valence-corrected chi connectivity index (χ0v) is 11.8. The maximum Gasteiger partial charge on any atom is 0.450 e. The predicted molar refractivity (Wildman–Crippen MR) is 69.2 cm³/mol. The monoisotopic (exact) mass is 349 g/mol. The average Bonchev–Trinajstić information content (AvgIpc) is 2.33. The lowest BCUT2D eigenvalue weighted by Gasteiger charge is -2.12. The van der Waals surface area contributed by atoms with E-state index in [0.717, 1.165) is 12.1 Å². The van der Waals surface area contributed by atoms with Gasteiger partial charge in [0.2, 0.25) is 5.84 Å². The lowest BCUT2D eigenvalue weighted by Crippen LogP contribution is -2.32. The first-order chi connectivity index (χ1) is 9.90. The van der Waals surface area contributed by atoms with Crippen molar-refractivity contribution < 1.29 is 30.7 Å². The predicted octanol–water partition coefficient (Wildman–Crippen LogP) is 4.03. The van der Waals surface area contributed by atoms with Crippen molar-refractivity contribution >= 4 is 23.3 Å². The van der Waals surface area contributed by atoms with Crippen LogP contribution in [-0.2, 0) is 0 Å². The molecule has 0 aromatic heterocycles. The molecular weight excluding hydrogens is 339 g/mol. The van der Waals surface area contributed by atoms with Crippen LogP contribution >= 0.6 is 11.8 Å². The fourth-order valence-electron chi connectivity index (χ4n) is 1.24. The Balaban J connectivity index is 2.97. The standard InChI is InChI=1S/C11H10F7N3S/c1-5-2-6(12)7(20-21-9(19)11(16,17)18)3-8(5)22-4-10(13,14)15/h2-3,20H,4H2,1H3,(H2,19,21). The summed E-state index contributed by atoms with van der Waals surface area (Å²) in [5.74, 6) is -3.92. The fraction of sp³-hybridized carbons (Fsp3) is 0.364. The Morgan fingerprint density at radius 1 is 1.23 bits per heavy atom. The normalized spacial score (nSPS) is 13.4. The number of amidine groups is 1. The van der Waals surface area contributed by atoms with Crippen LogP contribution in [0.1, 0.15) is 5.56 Å². The highest BCUT2D eigenvalue weighted by Gasteiger charge is 2.34. The van der Waals surface area contributed by atoms with Crippen molar-refractivity contribution in [3.05, 3.63) is 23.5 Å². The molecule has 0 bridgehead atoms. The number of hydrogen-bond acceptors (Lipinski definition) is 3. The van der Waals surface area contributed by atoms with Gasteiger partial charge in [-0.15, -0.1) is 11.8 Å². The first kappa shape index (κ1) is 18.4. The highest BCUT2D eigenvalue weighted by molar-refractivity contribution is 7.99. The molecule has 22 heavy (non-hydrogen) atoms. The summed E-state index contributed by atoms with van der Waals surface area (Å²) in [5, 5.41) is 2.75. The molecule has 0 aliphatic rings. The van der Waals surface area contributed by atoms with Gasteiger partial charge in [-0.2, -0.15) is 31.4 Å². The van der Waals surface area contributed by atoms with Crippen molar-refractivity contribution in [2.24, 2.45) is 10.8 Å². The summed E-state index contributed by atoms with van der Waals surface area (Å²) in [6, 6.07) is 1.83. The number of alkyl halides is 6. The molecule has 0 saturated carbocycles. The van der Waals surface area contributed by atoms with Crippen molar-refractivity contribution in [3.8, 4) is 0 Å². The highest BCUT2D eigenvalue weighted by Crippen LogP contribution is 2.32. The largest absolute Gasteiger partial charge is 0.450 e. The lowest BCUT2D eigenvalue weighted by atomic mass is 10.2. The number of nitrogens with one attached hydrogen (secondary N) is 1. The van der Waals surface area contributed by atoms with Crippen molar-refractivity contribution in [2.75, 3.05) is 11.2 Å². The second-order valence-electron chi connectivity index (χ2n) is 4.11. The number of nitrogens with zero attached hydrogens (tertiary/aromatic N) is 1. The van der Waals surface area contributed by atoms with Crippen molar-refractivity contribution in [3.63, 3.8) is 0 Å². The summed E-state index contributed by atoms with van der Waals surface area (Å²) in [6.07, 6.45) is -9.33. The van der Waals surface area contributed by atoms with Crippen LogP contribution in [0.2, 0.25) is 0 Å². The quantitative estimate of drug-likeness (QED) is 0.284. The topological polar surface area (TPSA) is 50.4 Å². The number of nitrogens with two attached hydrogens (primary N) is 1. The number of rotatable bonds is 4. The van der Waals surface area contributed by atoms with Gasteiger partial charge in [-0.3, -0.25) is 5.43 Å². The average molecular weight is 349 g/mol. The van der Waals surface area contributed by atoms with E-state index in [1.807, 2.05) is 0 Å². The molecule has 0 fully saturated rings. The zero-order valence-electron chi connectivity index (χ0n) is 10.9. The Hall–Kier alpha value is -1.65. The van der Waals surface area contributed by atoms with E-state index in [0.29, 0.717) is 11.8 Å². The van der Waals surface area contributed by atoms with Gasteiger partial charge in [0.1, 0.15) is 5.82 Å². The van der Waals surface area contributed by atoms with E-state index in [1.54, 1.807) is 5.43 Å². The van der Waals surface area contributed by atoms with Crippen LogP contribution in [0.25, 0.3) is 0 Å². The molecule has 0 atom stereocenters. The third-order valence-corrected chi connectivity index (χ3v) is 3.47. The molecule has 1 rings (SSSR count). The van der Waals surface area contributed by atoms with Crippen molar-refractivity contribution in [1.82, 2.24) is 0 Å². The number of benzene rings is 1. The number of hydrogen-bond donors (Lipinski definition) is 2. The molecule has 1 aromatic carbocycles. The fourth-order valence-corrected chi connectivity index (χ4v) is 2.04. The van der Waals surface area contributed by atoms with E-state index in [9.17, 15) is 30.7 Å². The van der Waals surface area contributed by atoms with Crippen molar-refractivity contribution in [1.29, 1.82) is 0 Å². The van der Waals surface area contributed by atoms with Crippen LogP contribution in [0, 0.1) is 12.7 Å². The van der Waals surface area contributed by atoms with E-state index in [4.69, 9.17) is 0 Å². The number of halogens is 7. The Morgan fingerprint density at radius 2 is 1.82 bits per heavy atom. The summed E-state index contributed by atoms with van der Waals surface area (Å²) >= 11 is 0.383. The molecule has 0 unspecified atom stereocenters. The molecule has 1 aromatic rings. The summed E-state index contributed by atoms with van der Waals surface area (Å²) in [4.78, 5) is 0.0574. The molecule has 0 heterocycles. The molecule has 0 aliphatic heterocycles. The van der Waals surface area contributed by atoms with Gasteiger partial charge in [0, 0.05) is 4.90 Å². The SMILES string of the molecule is Cc1cc(F)c(N/N=C(\N)C(F)(F)F)cc1SCC(F)(F)F. The summed E-state index contributed by atoms with van der Waals surface area (Å²) < 4.78 is 86.4. The molecule has 124 valence electrons. The number of aryl methyl sites for hydroxylation is 1. The summed E-state index contributed by atoms with van der Waals surface area (Å²) in [6.45, 7) is 1.37. The Bertz CT molecular complexity index is 566. The van der Waals surface area contributed by atoms with Crippen LogP contribution in [-0.4, -0.2) is 23.9 Å². The lowest BCUT2D eigenvalue weighted by molar-refractivity contribution is -0.105. The second-order valence-corrected chi connectivity index (χ2v) is 5.13. The van der Waals surface area contributed by atoms with Gasteiger partial charge in [-0.05, 0) is 24.6 Å². The summed E-state index contributed by atoms with van der Waals surface area (Å²) in [7, 11) is 0. The Kier molecular flexibility index (Phi) is 5.54. The van der Waals surface area contributed by atoms with Crippen LogP contribution < -0.4 is 11.2 Å². The number of anilines is 1. The van der Waals surface area contributed by atoms with Gasteiger partial charge < -0.3 is 5.73 Å². The van der Waals surface area contributed by atoms with E-state index >= 15 is 0 Å². The van der Waals surface area contributed by atoms with Gasteiger partial charge in [-0.25, -0.2) is 4.39 Å². The smallest absolute Gasteiger partial charge is 0.378 e. The van der Waals surface area contributed by atoms with Crippen LogP contribution in [0.15, 0.2) is 22.1 Å². The van der Waals surface area contributed by atoms with Gasteiger partial charge in [-0.1, -0.05) is 0 Å². The molecule has 0 amide bonds. The Labute approximate surface area is 124 Å². The molecule has 0 radical (unpaired) electrons. The zero-order chi connectivity index (χ0) is 17.1. The first-order valence-corrected chi connectivity index (χ1v) is 6.55. The van der Waals surface area contributed by atoms with E-state index in [2.05, 4.69) is 10.8 Å². The third kappa shape index (κ3) is 5.62. The van der Waals surface area contributed by atoms with E-state index in [1.165, 1.54) is 6.92 Å². The number of hydrazone groups is 1. The summed E-state index contributed by atoms with van der Waals surface area (Å²) in [5.41, 5.74) is 6.08. The van der Waals surface area contributed by atoms with Gasteiger partial charge >= 0.3 is 12.4 Å². The molecule has 3 N–H and O–H groups in total. The Morgan fingerprint density at radius 3 is 2.32 bits per heavy atom. The molecule has 0 spiro atoms. The number of thioether (sulfide) groups is 1. The van der Waals surface area contributed by atoms with Gasteiger partial charge in [0.15, 0.2) is 0 Å². The van der Waals surface area contributed by atoms with Gasteiger partial charge in [0.25, 0.3) is 0 Å².